The predicted molar refractivity (Wildman–Crippen MR) is 139 cm³/mol. The van der Waals surface area contributed by atoms with Crippen molar-refractivity contribution in [1.82, 2.24) is 10.3 Å². The number of carbonyl (C=O) groups is 2. The summed E-state index contributed by atoms with van der Waals surface area (Å²) in [5.74, 6) is -0.934. The maximum Gasteiger partial charge on any atom is 0.251 e. The van der Waals surface area contributed by atoms with Gasteiger partial charge in [-0.15, -0.1) is 0 Å². The molecule has 0 saturated carbocycles. The highest BCUT2D eigenvalue weighted by molar-refractivity contribution is 6.35. The minimum atomic E-state index is -0.373. The SMILES string of the molecule is Cc1ccnc(CNC(=O)c2ccccc2)c1C(=O)c1ccc(Nc2ccc(F)cc2CN)cc1Cl. The zero-order valence-electron chi connectivity index (χ0n) is 19.5. The van der Waals surface area contributed by atoms with Crippen LogP contribution in [0.1, 0.15) is 43.1 Å². The fraction of sp³-hybridized carbons (Fsp3) is 0.107. The minimum absolute atomic E-state index is 0.0835. The third-order valence-electron chi connectivity index (χ3n) is 5.70. The van der Waals surface area contributed by atoms with Gasteiger partial charge in [-0.1, -0.05) is 29.8 Å². The average molecular weight is 503 g/mol. The van der Waals surface area contributed by atoms with E-state index in [0.29, 0.717) is 39.3 Å². The van der Waals surface area contributed by atoms with E-state index in [0.717, 1.165) is 5.56 Å². The lowest BCUT2D eigenvalue weighted by atomic mass is 9.97. The Bertz CT molecular complexity index is 1430. The Morgan fingerprint density at radius 2 is 1.81 bits per heavy atom. The number of nitrogens with zero attached hydrogens (tertiary/aromatic N) is 1. The molecule has 0 unspecified atom stereocenters. The highest BCUT2D eigenvalue weighted by Gasteiger charge is 2.21. The van der Waals surface area contributed by atoms with E-state index in [4.69, 9.17) is 17.3 Å². The summed E-state index contributed by atoms with van der Waals surface area (Å²) in [6.07, 6.45) is 1.60. The summed E-state index contributed by atoms with van der Waals surface area (Å²) < 4.78 is 13.5. The zero-order chi connectivity index (χ0) is 25.7. The van der Waals surface area contributed by atoms with Crippen LogP contribution in [-0.2, 0) is 13.1 Å². The maximum atomic E-state index is 13.5. The molecular formula is C28H24ClFN4O2. The number of anilines is 2. The summed E-state index contributed by atoms with van der Waals surface area (Å²) in [7, 11) is 0. The van der Waals surface area contributed by atoms with Gasteiger partial charge in [-0.05, 0) is 72.6 Å². The van der Waals surface area contributed by atoms with Crippen LogP contribution >= 0.6 is 11.6 Å². The summed E-state index contributed by atoms with van der Waals surface area (Å²) >= 11 is 6.52. The molecular weight excluding hydrogens is 479 g/mol. The van der Waals surface area contributed by atoms with Crippen molar-refractivity contribution >= 4 is 34.7 Å². The van der Waals surface area contributed by atoms with Crippen LogP contribution in [0.2, 0.25) is 5.02 Å². The number of halogens is 2. The molecule has 0 aliphatic carbocycles. The smallest absolute Gasteiger partial charge is 0.251 e. The molecule has 6 nitrogen and oxygen atoms in total. The lowest BCUT2D eigenvalue weighted by Crippen LogP contribution is -2.25. The molecule has 0 bridgehead atoms. The number of hydrogen-bond acceptors (Lipinski definition) is 5. The molecule has 182 valence electrons. The number of nitrogens with one attached hydrogen (secondary N) is 2. The van der Waals surface area contributed by atoms with E-state index in [9.17, 15) is 14.0 Å². The Morgan fingerprint density at radius 1 is 1.03 bits per heavy atom. The summed E-state index contributed by atoms with van der Waals surface area (Å²) in [6, 6.07) is 19.8. The van der Waals surface area contributed by atoms with Crippen LogP contribution in [0.3, 0.4) is 0 Å². The Morgan fingerprint density at radius 3 is 2.53 bits per heavy atom. The van der Waals surface area contributed by atoms with Crippen molar-refractivity contribution in [2.45, 2.75) is 20.0 Å². The number of aromatic nitrogens is 1. The zero-order valence-corrected chi connectivity index (χ0v) is 20.3. The van der Waals surface area contributed by atoms with Gasteiger partial charge in [0.05, 0.1) is 17.3 Å². The van der Waals surface area contributed by atoms with Crippen LogP contribution in [0, 0.1) is 12.7 Å². The number of carbonyl (C=O) groups excluding carboxylic acids is 2. The van der Waals surface area contributed by atoms with Crippen molar-refractivity contribution < 1.29 is 14.0 Å². The highest BCUT2D eigenvalue weighted by atomic mass is 35.5. The van der Waals surface area contributed by atoms with E-state index >= 15 is 0 Å². The van der Waals surface area contributed by atoms with E-state index < -0.39 is 0 Å². The predicted octanol–water partition coefficient (Wildman–Crippen LogP) is 5.55. The van der Waals surface area contributed by atoms with Crippen molar-refractivity contribution in [2.24, 2.45) is 5.73 Å². The Balaban J connectivity index is 1.57. The van der Waals surface area contributed by atoms with E-state index in [1.165, 1.54) is 12.1 Å². The molecule has 0 spiro atoms. The fourth-order valence-corrected chi connectivity index (χ4v) is 4.10. The third-order valence-corrected chi connectivity index (χ3v) is 6.01. The van der Waals surface area contributed by atoms with Crippen LogP contribution in [-0.4, -0.2) is 16.7 Å². The van der Waals surface area contributed by atoms with Gasteiger partial charge >= 0.3 is 0 Å². The largest absolute Gasteiger partial charge is 0.355 e. The molecule has 4 N–H and O–H groups in total. The molecule has 1 aromatic heterocycles. The number of pyridine rings is 1. The Hall–Kier alpha value is -4.07. The first-order valence-electron chi connectivity index (χ1n) is 11.2. The van der Waals surface area contributed by atoms with Crippen LogP contribution in [0.4, 0.5) is 15.8 Å². The third kappa shape index (κ3) is 5.59. The van der Waals surface area contributed by atoms with Crippen molar-refractivity contribution in [3.05, 3.63) is 123 Å². The van der Waals surface area contributed by atoms with Gasteiger partial charge in [-0.25, -0.2) is 4.39 Å². The van der Waals surface area contributed by atoms with E-state index in [1.54, 1.807) is 60.8 Å². The van der Waals surface area contributed by atoms with Crippen LogP contribution in [0.15, 0.2) is 79.0 Å². The molecule has 0 fully saturated rings. The van der Waals surface area contributed by atoms with E-state index in [2.05, 4.69) is 15.6 Å². The van der Waals surface area contributed by atoms with Gasteiger partial charge in [-0.2, -0.15) is 0 Å². The molecule has 0 aliphatic heterocycles. The molecule has 8 heteroatoms. The van der Waals surface area contributed by atoms with Gasteiger partial charge in [-0.3, -0.25) is 14.6 Å². The molecule has 4 rings (SSSR count). The number of ketones is 1. The molecule has 3 aromatic carbocycles. The molecule has 0 aliphatic rings. The topological polar surface area (TPSA) is 97.1 Å². The van der Waals surface area contributed by atoms with Gasteiger partial charge in [0.1, 0.15) is 5.82 Å². The lowest BCUT2D eigenvalue weighted by molar-refractivity contribution is 0.0947. The van der Waals surface area contributed by atoms with Gasteiger partial charge in [0.15, 0.2) is 5.78 Å². The standard InChI is InChI=1S/C28H24ClFN4O2/c1-17-11-12-32-25(16-33-28(36)18-5-3-2-4-6-18)26(17)27(35)22-9-8-21(14-23(22)29)34-24-10-7-20(30)13-19(24)15-31/h2-14,34H,15-16,31H2,1H3,(H,33,36). The summed E-state index contributed by atoms with van der Waals surface area (Å²) in [5.41, 5.74) is 9.97. The number of amides is 1. The normalized spacial score (nSPS) is 10.7. The molecule has 0 radical (unpaired) electrons. The van der Waals surface area contributed by atoms with E-state index in [-0.39, 0.29) is 35.6 Å². The number of benzene rings is 3. The van der Waals surface area contributed by atoms with Crippen LogP contribution in [0.25, 0.3) is 0 Å². The molecule has 0 saturated heterocycles. The second-order valence-electron chi connectivity index (χ2n) is 8.15. The summed E-state index contributed by atoms with van der Waals surface area (Å²) in [5, 5.41) is 6.23. The van der Waals surface area contributed by atoms with Crippen molar-refractivity contribution in [3.63, 3.8) is 0 Å². The van der Waals surface area contributed by atoms with Gasteiger partial charge in [0.2, 0.25) is 0 Å². The number of hydrogen-bond donors (Lipinski definition) is 3. The number of aryl methyl sites for hydroxylation is 1. The van der Waals surface area contributed by atoms with Gasteiger partial charge in [0.25, 0.3) is 5.91 Å². The summed E-state index contributed by atoms with van der Waals surface area (Å²) in [6.45, 7) is 2.05. The first-order chi connectivity index (χ1) is 17.4. The van der Waals surface area contributed by atoms with Gasteiger partial charge in [0, 0.05) is 40.8 Å². The second-order valence-corrected chi connectivity index (χ2v) is 8.56. The maximum absolute atomic E-state index is 13.5. The molecule has 1 heterocycles. The van der Waals surface area contributed by atoms with Gasteiger partial charge < -0.3 is 16.4 Å². The van der Waals surface area contributed by atoms with Crippen molar-refractivity contribution in [3.8, 4) is 0 Å². The molecule has 1 amide bonds. The first-order valence-corrected chi connectivity index (χ1v) is 11.6. The number of nitrogens with two attached hydrogens (primary N) is 1. The Kier molecular flexibility index (Phi) is 7.73. The van der Waals surface area contributed by atoms with Crippen LogP contribution in [0.5, 0.6) is 0 Å². The monoisotopic (exact) mass is 502 g/mol. The van der Waals surface area contributed by atoms with Crippen molar-refractivity contribution in [1.29, 1.82) is 0 Å². The first kappa shape index (κ1) is 25.0. The average Bonchev–Trinajstić information content (AvgIpc) is 2.88. The summed E-state index contributed by atoms with van der Waals surface area (Å²) in [4.78, 5) is 30.3. The van der Waals surface area contributed by atoms with Crippen molar-refractivity contribution in [2.75, 3.05) is 5.32 Å². The minimum Gasteiger partial charge on any atom is -0.355 e. The molecule has 0 atom stereocenters. The van der Waals surface area contributed by atoms with Crippen LogP contribution < -0.4 is 16.4 Å². The Labute approximate surface area is 213 Å². The highest BCUT2D eigenvalue weighted by Crippen LogP contribution is 2.28. The second kappa shape index (κ2) is 11.1. The van der Waals surface area contributed by atoms with E-state index in [1.807, 2.05) is 13.0 Å². The quantitative estimate of drug-likeness (QED) is 0.275. The molecule has 36 heavy (non-hydrogen) atoms. The number of rotatable bonds is 8. The fourth-order valence-electron chi connectivity index (χ4n) is 3.83. The molecule has 4 aromatic rings. The lowest BCUT2D eigenvalue weighted by Gasteiger charge is -2.15.